The van der Waals surface area contributed by atoms with Gasteiger partial charge in [0.2, 0.25) is 10.0 Å². The molecule has 2 aromatic rings. The van der Waals surface area contributed by atoms with E-state index in [-0.39, 0.29) is 30.8 Å². The number of aliphatic hydroxyl groups is 1. The van der Waals surface area contributed by atoms with E-state index in [1.54, 1.807) is 17.9 Å². The van der Waals surface area contributed by atoms with Gasteiger partial charge in [-0.3, -0.25) is 15.1 Å². The Bertz CT molecular complexity index is 961. The van der Waals surface area contributed by atoms with E-state index in [4.69, 9.17) is 5.11 Å². The van der Waals surface area contributed by atoms with Crippen LogP contribution in [-0.4, -0.2) is 55.8 Å². The Balaban J connectivity index is 1.72. The quantitative estimate of drug-likeness (QED) is 0.596. The topological polar surface area (TPSA) is 98.7 Å². The number of amides is 1. The van der Waals surface area contributed by atoms with Crippen LogP contribution in [0, 0.1) is 12.7 Å². The lowest BCUT2D eigenvalue weighted by atomic mass is 9.99. The number of rotatable bonds is 7. The smallest absolute Gasteiger partial charge is 0.269 e. The number of halogens is 1. The lowest BCUT2D eigenvalue weighted by molar-refractivity contribution is 0.0939. The number of nitrogens with zero attached hydrogens (tertiary/aromatic N) is 1. The number of likely N-dealkylation sites (tertiary alicyclic amines) is 1. The van der Waals surface area contributed by atoms with Crippen molar-refractivity contribution in [3.05, 3.63) is 59.4 Å². The zero-order valence-electron chi connectivity index (χ0n) is 15.4. The van der Waals surface area contributed by atoms with E-state index in [1.165, 1.54) is 6.07 Å². The predicted molar refractivity (Wildman–Crippen MR) is 103 cm³/mol. The molecule has 7 nitrogen and oxygen atoms in total. The number of hydrogen-bond acceptors (Lipinski definition) is 5. The van der Waals surface area contributed by atoms with Gasteiger partial charge in [0.25, 0.3) is 5.91 Å². The minimum Gasteiger partial charge on any atom is -0.395 e. The molecule has 0 saturated carbocycles. The van der Waals surface area contributed by atoms with Gasteiger partial charge in [-0.05, 0) is 35.7 Å². The molecule has 1 aliphatic rings. The van der Waals surface area contributed by atoms with Gasteiger partial charge in [-0.1, -0.05) is 30.3 Å². The Morgan fingerprint density at radius 2 is 1.89 bits per heavy atom. The second-order valence-corrected chi connectivity index (χ2v) is 8.69. The van der Waals surface area contributed by atoms with Crippen molar-refractivity contribution in [2.75, 3.05) is 26.2 Å². The summed E-state index contributed by atoms with van der Waals surface area (Å²) in [5.74, 6) is -1.57. The highest BCUT2D eigenvalue weighted by Crippen LogP contribution is 2.24. The SMILES string of the molecule is Cc1cc(-c2ccccc2)cc(C(=O)NNS(=O)(=O)C2CN(CCO)C2)c1F. The fraction of sp³-hybridized carbons (Fsp3) is 0.316. The van der Waals surface area contributed by atoms with Crippen molar-refractivity contribution in [3.8, 4) is 11.1 Å². The van der Waals surface area contributed by atoms with Crippen molar-refractivity contribution in [2.45, 2.75) is 12.2 Å². The first-order chi connectivity index (χ1) is 13.3. The molecular weight excluding hydrogens is 385 g/mol. The van der Waals surface area contributed by atoms with Gasteiger partial charge in [0.1, 0.15) is 11.1 Å². The van der Waals surface area contributed by atoms with Gasteiger partial charge < -0.3 is 5.11 Å². The maximum Gasteiger partial charge on any atom is 0.269 e. The van der Waals surface area contributed by atoms with Gasteiger partial charge in [-0.25, -0.2) is 12.8 Å². The van der Waals surface area contributed by atoms with E-state index in [0.29, 0.717) is 12.1 Å². The number of hydrogen-bond donors (Lipinski definition) is 3. The third kappa shape index (κ3) is 4.39. The first-order valence-corrected chi connectivity index (χ1v) is 10.4. The fourth-order valence-electron chi connectivity index (χ4n) is 3.04. The Hall–Kier alpha value is -2.33. The number of β-amino-alcohol motifs (C(OH)–C–C–N with tert-alkyl or cyclic N) is 1. The molecule has 1 aliphatic heterocycles. The molecule has 0 unspecified atom stereocenters. The largest absolute Gasteiger partial charge is 0.395 e. The number of sulfonamides is 1. The first kappa shape index (κ1) is 20.4. The second kappa shape index (κ2) is 8.36. The van der Waals surface area contributed by atoms with Crippen molar-refractivity contribution in [2.24, 2.45) is 0 Å². The number of aryl methyl sites for hydroxylation is 1. The molecule has 0 aliphatic carbocycles. The normalized spacial score (nSPS) is 15.2. The summed E-state index contributed by atoms with van der Waals surface area (Å²) >= 11 is 0. The van der Waals surface area contributed by atoms with Gasteiger partial charge >= 0.3 is 0 Å². The van der Waals surface area contributed by atoms with Crippen LogP contribution < -0.4 is 10.3 Å². The van der Waals surface area contributed by atoms with E-state index >= 15 is 0 Å². The number of nitrogens with one attached hydrogen (secondary N) is 2. The van der Waals surface area contributed by atoms with Crippen LogP contribution in [0.25, 0.3) is 11.1 Å². The standard InChI is InChI=1S/C19H22FN3O4S/c1-13-9-15(14-5-3-2-4-6-14)10-17(18(13)20)19(25)21-22-28(26,27)16-11-23(12-16)7-8-24/h2-6,9-10,16,22,24H,7-8,11-12H2,1H3,(H,21,25). The molecule has 3 N–H and O–H groups in total. The highest BCUT2D eigenvalue weighted by molar-refractivity contribution is 7.90. The van der Waals surface area contributed by atoms with Gasteiger partial charge in [-0.15, -0.1) is 4.83 Å². The van der Waals surface area contributed by atoms with Crippen molar-refractivity contribution in [3.63, 3.8) is 0 Å². The van der Waals surface area contributed by atoms with Crippen LogP contribution in [0.3, 0.4) is 0 Å². The summed E-state index contributed by atoms with van der Waals surface area (Å²) in [5.41, 5.74) is 3.62. The van der Waals surface area contributed by atoms with Gasteiger partial charge in [0, 0.05) is 19.6 Å². The Morgan fingerprint density at radius 1 is 1.21 bits per heavy atom. The maximum atomic E-state index is 14.5. The summed E-state index contributed by atoms with van der Waals surface area (Å²) in [6.07, 6.45) is 0. The molecular formula is C19H22FN3O4S. The molecule has 2 aromatic carbocycles. The minimum atomic E-state index is -3.79. The summed E-state index contributed by atoms with van der Waals surface area (Å²) in [4.78, 5) is 16.2. The Labute approximate surface area is 163 Å². The third-order valence-corrected chi connectivity index (χ3v) is 6.25. The molecule has 150 valence electrons. The molecule has 0 radical (unpaired) electrons. The zero-order valence-corrected chi connectivity index (χ0v) is 16.2. The summed E-state index contributed by atoms with van der Waals surface area (Å²) in [6.45, 7) is 2.43. The highest BCUT2D eigenvalue weighted by atomic mass is 32.2. The molecule has 3 rings (SSSR count). The molecule has 9 heteroatoms. The number of benzene rings is 2. The Kier molecular flexibility index (Phi) is 6.09. The van der Waals surface area contributed by atoms with E-state index in [0.717, 1.165) is 5.56 Å². The molecule has 28 heavy (non-hydrogen) atoms. The van der Waals surface area contributed by atoms with Gasteiger partial charge in [0.05, 0.1) is 12.2 Å². The molecule has 1 fully saturated rings. The van der Waals surface area contributed by atoms with E-state index < -0.39 is 27.0 Å². The van der Waals surface area contributed by atoms with Crippen LogP contribution in [0.2, 0.25) is 0 Å². The molecule has 1 amide bonds. The van der Waals surface area contributed by atoms with Crippen molar-refractivity contribution >= 4 is 15.9 Å². The summed E-state index contributed by atoms with van der Waals surface area (Å²) in [7, 11) is -3.79. The van der Waals surface area contributed by atoms with Crippen LogP contribution >= 0.6 is 0 Å². The Morgan fingerprint density at radius 3 is 2.54 bits per heavy atom. The third-order valence-electron chi connectivity index (χ3n) is 4.69. The first-order valence-electron chi connectivity index (χ1n) is 8.81. The number of hydrazine groups is 1. The van der Waals surface area contributed by atoms with Gasteiger partial charge in [-0.2, -0.15) is 0 Å². The van der Waals surface area contributed by atoms with Crippen LogP contribution in [0.1, 0.15) is 15.9 Å². The van der Waals surface area contributed by atoms with Crippen LogP contribution in [-0.2, 0) is 10.0 Å². The lowest BCUT2D eigenvalue weighted by Crippen LogP contribution is -2.60. The van der Waals surface area contributed by atoms with E-state index in [1.807, 2.05) is 35.2 Å². The summed E-state index contributed by atoms with van der Waals surface area (Å²) in [6, 6.07) is 12.2. The van der Waals surface area contributed by atoms with Crippen molar-refractivity contribution in [1.29, 1.82) is 0 Å². The van der Waals surface area contributed by atoms with Gasteiger partial charge in [0.15, 0.2) is 0 Å². The molecule has 1 saturated heterocycles. The minimum absolute atomic E-state index is 0.0483. The lowest BCUT2D eigenvalue weighted by Gasteiger charge is -2.37. The average molecular weight is 407 g/mol. The fourth-order valence-corrected chi connectivity index (χ4v) is 4.26. The number of carbonyl (C=O) groups excluding carboxylic acids is 1. The maximum absolute atomic E-state index is 14.5. The molecule has 0 aromatic heterocycles. The second-order valence-electron chi connectivity index (χ2n) is 6.73. The van der Waals surface area contributed by atoms with Crippen molar-refractivity contribution < 1.29 is 22.7 Å². The molecule has 1 heterocycles. The number of aliphatic hydroxyl groups excluding tert-OH is 1. The number of carbonyl (C=O) groups is 1. The van der Waals surface area contributed by atoms with E-state index in [2.05, 4.69) is 5.43 Å². The average Bonchev–Trinajstić information content (AvgIpc) is 2.65. The van der Waals surface area contributed by atoms with Crippen LogP contribution in [0.5, 0.6) is 0 Å². The molecule has 0 atom stereocenters. The zero-order chi connectivity index (χ0) is 20.3. The molecule has 0 spiro atoms. The van der Waals surface area contributed by atoms with Crippen LogP contribution in [0.4, 0.5) is 4.39 Å². The van der Waals surface area contributed by atoms with Crippen LogP contribution in [0.15, 0.2) is 42.5 Å². The monoisotopic (exact) mass is 407 g/mol. The summed E-state index contributed by atoms with van der Waals surface area (Å²) in [5, 5.41) is 8.15. The van der Waals surface area contributed by atoms with Crippen molar-refractivity contribution in [1.82, 2.24) is 15.2 Å². The summed E-state index contributed by atoms with van der Waals surface area (Å²) < 4.78 is 38.9. The van der Waals surface area contributed by atoms with E-state index in [9.17, 15) is 17.6 Å². The highest BCUT2D eigenvalue weighted by Gasteiger charge is 2.37. The predicted octanol–water partition coefficient (Wildman–Crippen LogP) is 1.04. The molecule has 0 bridgehead atoms.